The predicted molar refractivity (Wildman–Crippen MR) is 116 cm³/mol. The Morgan fingerprint density at radius 1 is 1.20 bits per heavy atom. The van der Waals surface area contributed by atoms with Gasteiger partial charge in [0.2, 0.25) is 0 Å². The number of halogens is 1. The Morgan fingerprint density at radius 2 is 1.93 bits per heavy atom. The lowest BCUT2D eigenvalue weighted by Crippen LogP contribution is -2.47. The van der Waals surface area contributed by atoms with Crippen LogP contribution in [-0.2, 0) is 0 Å². The highest BCUT2D eigenvalue weighted by Crippen LogP contribution is 2.34. The summed E-state index contributed by atoms with van der Waals surface area (Å²) in [6.45, 7) is 0. The first-order chi connectivity index (χ1) is 14.5. The van der Waals surface area contributed by atoms with Crippen molar-refractivity contribution in [3.63, 3.8) is 0 Å². The number of aromatic nitrogens is 1. The molecule has 1 aliphatic rings. The van der Waals surface area contributed by atoms with Crippen molar-refractivity contribution >= 4 is 32.6 Å². The number of anilines is 1. The first kappa shape index (κ1) is 20.4. The molecule has 2 aromatic carbocycles. The summed E-state index contributed by atoms with van der Waals surface area (Å²) in [6.07, 6.45) is 2.81. The number of thiazole rings is 1. The number of fused-ring (bicyclic) bond motifs is 1. The average molecular weight is 430 g/mol. The summed E-state index contributed by atoms with van der Waals surface area (Å²) in [5, 5.41) is 3.98. The van der Waals surface area contributed by atoms with Crippen molar-refractivity contribution < 1.29 is 18.7 Å². The Morgan fingerprint density at radius 3 is 2.63 bits per heavy atom. The second-order valence-corrected chi connectivity index (χ2v) is 8.34. The van der Waals surface area contributed by atoms with E-state index in [1.54, 1.807) is 24.3 Å². The third kappa shape index (κ3) is 3.79. The minimum atomic E-state index is -0.267. The fourth-order valence-corrected chi connectivity index (χ4v) is 5.08. The molecule has 0 aliphatic heterocycles. The molecule has 8 heteroatoms. The largest absolute Gasteiger partial charge is 0.496 e. The zero-order valence-electron chi connectivity index (χ0n) is 17.1. The summed E-state index contributed by atoms with van der Waals surface area (Å²) in [5.41, 5.74) is 1.17. The maximum Gasteiger partial charge on any atom is 0.259 e. The number of carbonyl (C=O) groups excluding carboxylic acids is 1. The number of carbonyl (C=O) groups is 1. The number of ether oxygens (including phenoxy) is 2. The van der Waals surface area contributed by atoms with Crippen LogP contribution < -0.4 is 19.7 Å². The van der Waals surface area contributed by atoms with Crippen LogP contribution in [0.4, 0.5) is 9.52 Å². The number of nitrogens with zero attached hydrogens (tertiary/aromatic N) is 2. The van der Waals surface area contributed by atoms with E-state index < -0.39 is 0 Å². The van der Waals surface area contributed by atoms with Crippen LogP contribution in [0.1, 0.15) is 29.6 Å². The predicted octanol–water partition coefficient (Wildman–Crippen LogP) is 4.24. The fraction of sp³-hybridized carbons (Fsp3) is 0.364. The molecule has 1 aliphatic carbocycles. The molecule has 1 amide bonds. The number of benzene rings is 2. The number of likely N-dealkylation sites (N-methyl/N-ethyl adjacent to an activating group) is 1. The van der Waals surface area contributed by atoms with Gasteiger partial charge in [-0.15, -0.1) is 0 Å². The number of methoxy groups -OCH3 is 2. The molecule has 1 aromatic heterocycles. The zero-order valence-corrected chi connectivity index (χ0v) is 18.0. The van der Waals surface area contributed by atoms with Crippen LogP contribution in [0.5, 0.6) is 11.5 Å². The first-order valence-corrected chi connectivity index (χ1v) is 10.6. The molecular formula is C22H24FN3O3S. The van der Waals surface area contributed by atoms with Crippen molar-refractivity contribution in [2.45, 2.75) is 31.3 Å². The number of amides is 1. The topological polar surface area (TPSA) is 63.7 Å². The van der Waals surface area contributed by atoms with Crippen LogP contribution in [0.25, 0.3) is 10.2 Å². The van der Waals surface area contributed by atoms with Gasteiger partial charge in [0.15, 0.2) is 5.13 Å². The van der Waals surface area contributed by atoms with E-state index in [1.165, 1.54) is 37.7 Å². The van der Waals surface area contributed by atoms with E-state index in [-0.39, 0.29) is 23.8 Å². The van der Waals surface area contributed by atoms with Crippen molar-refractivity contribution in [3.05, 3.63) is 47.8 Å². The number of nitrogens with one attached hydrogen (secondary N) is 1. The van der Waals surface area contributed by atoms with Crippen LogP contribution in [0.3, 0.4) is 0 Å². The van der Waals surface area contributed by atoms with Gasteiger partial charge in [-0.25, -0.2) is 9.37 Å². The summed E-state index contributed by atoms with van der Waals surface area (Å²) in [4.78, 5) is 19.8. The molecule has 4 rings (SSSR count). The Balaban J connectivity index is 1.55. The van der Waals surface area contributed by atoms with Crippen molar-refractivity contribution in [2.75, 3.05) is 26.2 Å². The van der Waals surface area contributed by atoms with E-state index in [0.29, 0.717) is 17.1 Å². The lowest BCUT2D eigenvalue weighted by atomic mass is 10.1. The summed E-state index contributed by atoms with van der Waals surface area (Å²) < 4.78 is 25.1. The van der Waals surface area contributed by atoms with Gasteiger partial charge in [0.25, 0.3) is 5.91 Å². The van der Waals surface area contributed by atoms with Gasteiger partial charge in [-0.05, 0) is 49.6 Å². The van der Waals surface area contributed by atoms with E-state index in [2.05, 4.69) is 15.2 Å². The normalized spacial score (nSPS) is 18.4. The number of hydrogen-bond donors (Lipinski definition) is 1. The van der Waals surface area contributed by atoms with Crippen molar-refractivity contribution in [2.24, 2.45) is 0 Å². The maximum absolute atomic E-state index is 13.5. The van der Waals surface area contributed by atoms with Gasteiger partial charge in [-0.3, -0.25) is 4.79 Å². The van der Waals surface area contributed by atoms with E-state index in [4.69, 9.17) is 9.47 Å². The maximum atomic E-state index is 13.5. The quantitative estimate of drug-likeness (QED) is 0.635. The van der Waals surface area contributed by atoms with E-state index in [1.807, 2.05) is 7.05 Å². The molecule has 1 N–H and O–H groups in total. The molecule has 1 fully saturated rings. The van der Waals surface area contributed by atoms with Crippen LogP contribution in [-0.4, -0.2) is 44.2 Å². The fourth-order valence-electron chi connectivity index (χ4n) is 4.07. The molecule has 0 spiro atoms. The van der Waals surface area contributed by atoms with E-state index in [9.17, 15) is 9.18 Å². The van der Waals surface area contributed by atoms with Crippen LogP contribution in [0.2, 0.25) is 0 Å². The first-order valence-electron chi connectivity index (χ1n) is 9.82. The van der Waals surface area contributed by atoms with Gasteiger partial charge in [0, 0.05) is 13.1 Å². The zero-order chi connectivity index (χ0) is 21.3. The molecule has 0 unspecified atom stereocenters. The third-order valence-electron chi connectivity index (χ3n) is 5.59. The van der Waals surface area contributed by atoms with Gasteiger partial charge in [-0.2, -0.15) is 0 Å². The van der Waals surface area contributed by atoms with Gasteiger partial charge in [0.05, 0.1) is 30.5 Å². The summed E-state index contributed by atoms with van der Waals surface area (Å²) in [6, 6.07) is 9.96. The van der Waals surface area contributed by atoms with Crippen LogP contribution >= 0.6 is 11.3 Å². The lowest BCUT2D eigenvalue weighted by Gasteiger charge is -2.30. The highest BCUT2D eigenvalue weighted by atomic mass is 32.1. The van der Waals surface area contributed by atoms with Gasteiger partial charge in [-0.1, -0.05) is 17.4 Å². The van der Waals surface area contributed by atoms with Crippen molar-refractivity contribution in [1.82, 2.24) is 10.3 Å². The molecule has 1 saturated carbocycles. The van der Waals surface area contributed by atoms with Crippen LogP contribution in [0.15, 0.2) is 36.4 Å². The second kappa shape index (κ2) is 8.47. The Bertz CT molecular complexity index is 1050. The van der Waals surface area contributed by atoms with Crippen molar-refractivity contribution in [3.8, 4) is 11.5 Å². The molecule has 158 valence electrons. The molecule has 0 radical (unpaired) electrons. The second-order valence-electron chi connectivity index (χ2n) is 7.34. The monoisotopic (exact) mass is 429 g/mol. The summed E-state index contributed by atoms with van der Waals surface area (Å²) in [5.74, 6) is 0.462. The minimum absolute atomic E-state index is 0.0409. The molecule has 1 heterocycles. The summed E-state index contributed by atoms with van der Waals surface area (Å²) in [7, 11) is 5.05. The minimum Gasteiger partial charge on any atom is -0.496 e. The Labute approximate surface area is 178 Å². The molecular weight excluding hydrogens is 405 g/mol. The Kier molecular flexibility index (Phi) is 5.76. The number of rotatable bonds is 6. The number of hydrogen-bond acceptors (Lipinski definition) is 6. The SMILES string of the molecule is COc1cccc(OC)c1C(=O)N[C@@H]1CCC[C@H]1N(C)c1nc2ccc(F)cc2s1. The van der Waals surface area contributed by atoms with Crippen molar-refractivity contribution in [1.29, 1.82) is 0 Å². The van der Waals surface area contributed by atoms with Gasteiger partial charge >= 0.3 is 0 Å². The average Bonchev–Trinajstić information content (AvgIpc) is 3.38. The smallest absolute Gasteiger partial charge is 0.259 e. The highest BCUT2D eigenvalue weighted by molar-refractivity contribution is 7.22. The molecule has 6 nitrogen and oxygen atoms in total. The molecule has 2 atom stereocenters. The highest BCUT2D eigenvalue weighted by Gasteiger charge is 2.34. The van der Waals surface area contributed by atoms with Gasteiger partial charge in [0.1, 0.15) is 22.9 Å². The summed E-state index contributed by atoms with van der Waals surface area (Å²) >= 11 is 1.46. The molecule has 0 saturated heterocycles. The van der Waals surface area contributed by atoms with Gasteiger partial charge < -0.3 is 19.7 Å². The van der Waals surface area contributed by atoms with E-state index >= 15 is 0 Å². The standard InChI is InChI=1S/C22H24FN3O3S/c1-26(22-25-15-11-10-13(23)12-19(15)30-22)16-7-4-6-14(16)24-21(27)20-17(28-2)8-5-9-18(20)29-3/h5,8-12,14,16H,4,6-7H2,1-3H3,(H,24,27)/t14-,16-/m1/s1. The molecule has 0 bridgehead atoms. The lowest BCUT2D eigenvalue weighted by molar-refractivity contribution is 0.0928. The van der Waals surface area contributed by atoms with Crippen LogP contribution in [0, 0.1) is 5.82 Å². The molecule has 3 aromatic rings. The van der Waals surface area contributed by atoms with E-state index in [0.717, 1.165) is 34.6 Å². The molecule has 30 heavy (non-hydrogen) atoms. The third-order valence-corrected chi connectivity index (χ3v) is 6.70. The Hall–Kier alpha value is -2.87.